The van der Waals surface area contributed by atoms with Crippen LogP contribution in [0, 0.1) is 10.1 Å². The Labute approximate surface area is 122 Å². The zero-order chi connectivity index (χ0) is 15.5. The molecule has 0 atom stereocenters. The molecule has 0 amide bonds. The summed E-state index contributed by atoms with van der Waals surface area (Å²) < 4.78 is 22.2. The molecule has 108 valence electrons. The molecule has 0 aliphatic rings. The number of benzene rings is 2. The van der Waals surface area contributed by atoms with Gasteiger partial charge < -0.3 is 0 Å². The molecule has 0 heterocycles. The lowest BCUT2D eigenvalue weighted by molar-refractivity contribution is -0.417. The Balaban J connectivity index is 2.56. The predicted molar refractivity (Wildman–Crippen MR) is 82.9 cm³/mol. The van der Waals surface area contributed by atoms with Gasteiger partial charge in [0, 0.05) is 23.8 Å². The van der Waals surface area contributed by atoms with Crippen LogP contribution in [0.15, 0.2) is 59.6 Å². The molecule has 2 aromatic carbocycles. The van der Waals surface area contributed by atoms with Crippen molar-refractivity contribution >= 4 is 26.7 Å². The minimum Gasteiger partial charge on any atom is -0.258 e. The first-order chi connectivity index (χ1) is 9.87. The van der Waals surface area contributed by atoms with E-state index in [1.165, 1.54) is 6.08 Å². The van der Waals surface area contributed by atoms with Crippen LogP contribution in [-0.4, -0.2) is 19.6 Å². The van der Waals surface area contributed by atoms with Crippen LogP contribution in [0.5, 0.6) is 0 Å². The lowest BCUT2D eigenvalue weighted by atomic mass is 10.0. The smallest absolute Gasteiger partial charge is 0.258 e. The molecule has 5 nitrogen and oxygen atoms in total. The predicted octanol–water partition coefficient (Wildman–Crippen LogP) is 3.02. The molecular formula is C15H13NO4S. The Morgan fingerprint density at radius 3 is 2.48 bits per heavy atom. The van der Waals surface area contributed by atoms with E-state index in [1.807, 2.05) is 30.3 Å². The zero-order valence-corrected chi connectivity index (χ0v) is 12.1. The molecule has 6 heteroatoms. The summed E-state index contributed by atoms with van der Waals surface area (Å²) in [7, 11) is -3.41. The van der Waals surface area contributed by atoms with Gasteiger partial charge in [-0.25, -0.2) is 8.42 Å². The van der Waals surface area contributed by atoms with E-state index >= 15 is 0 Å². The number of nitrogens with zero attached hydrogens (tertiary/aromatic N) is 1. The van der Waals surface area contributed by atoms with Crippen LogP contribution in [0.25, 0.3) is 16.8 Å². The second-order valence-electron chi connectivity index (χ2n) is 4.53. The van der Waals surface area contributed by atoms with Crippen molar-refractivity contribution in [1.82, 2.24) is 0 Å². The molecule has 0 saturated carbocycles. The van der Waals surface area contributed by atoms with Gasteiger partial charge >= 0.3 is 0 Å². The Morgan fingerprint density at radius 2 is 1.81 bits per heavy atom. The van der Waals surface area contributed by atoms with E-state index in [-0.39, 0.29) is 5.70 Å². The summed E-state index contributed by atoms with van der Waals surface area (Å²) in [5.74, 6) is 0. The largest absolute Gasteiger partial charge is 0.270 e. The molecule has 0 fully saturated rings. The van der Waals surface area contributed by atoms with E-state index in [0.29, 0.717) is 5.56 Å². The van der Waals surface area contributed by atoms with Crippen LogP contribution in [0.2, 0.25) is 0 Å². The number of rotatable bonds is 4. The quantitative estimate of drug-likeness (QED) is 0.494. The fraction of sp³-hybridized carbons (Fsp3) is 0.0667. The van der Waals surface area contributed by atoms with Crippen molar-refractivity contribution < 1.29 is 13.3 Å². The van der Waals surface area contributed by atoms with Gasteiger partial charge in [-0.15, -0.1) is 0 Å². The average molecular weight is 303 g/mol. The zero-order valence-electron chi connectivity index (χ0n) is 11.3. The number of fused-ring (bicyclic) bond motifs is 1. The maximum atomic E-state index is 11.1. The molecule has 2 rings (SSSR count). The van der Waals surface area contributed by atoms with E-state index < -0.39 is 14.8 Å². The maximum absolute atomic E-state index is 11.1. The van der Waals surface area contributed by atoms with Crippen molar-refractivity contribution in [2.24, 2.45) is 0 Å². The van der Waals surface area contributed by atoms with Crippen molar-refractivity contribution in [3.05, 3.63) is 75.3 Å². The van der Waals surface area contributed by atoms with Crippen LogP contribution in [0.3, 0.4) is 0 Å². The molecule has 21 heavy (non-hydrogen) atoms. The Morgan fingerprint density at radius 1 is 1.14 bits per heavy atom. The molecule has 0 radical (unpaired) electrons. The Bertz CT molecular complexity index is 846. The third-order valence-electron chi connectivity index (χ3n) is 2.82. The van der Waals surface area contributed by atoms with Gasteiger partial charge in [0.05, 0.1) is 4.92 Å². The number of nitro groups is 1. The SMILES string of the molecule is CS(=O)(=O)/C=C/C(=C/c1cccc2ccccc12)[N+](=O)[O-]. The van der Waals surface area contributed by atoms with Gasteiger partial charge in [0.15, 0.2) is 9.84 Å². The lowest BCUT2D eigenvalue weighted by Gasteiger charge is -2.01. The summed E-state index contributed by atoms with van der Waals surface area (Å²) in [6.07, 6.45) is 3.35. The third-order valence-corrected chi connectivity index (χ3v) is 3.45. The van der Waals surface area contributed by atoms with Gasteiger partial charge in [0.1, 0.15) is 0 Å². The van der Waals surface area contributed by atoms with E-state index in [0.717, 1.165) is 28.5 Å². The van der Waals surface area contributed by atoms with E-state index in [1.54, 1.807) is 12.1 Å². The van der Waals surface area contributed by atoms with Crippen molar-refractivity contribution in [3.63, 3.8) is 0 Å². The second-order valence-corrected chi connectivity index (χ2v) is 6.46. The first kappa shape index (κ1) is 14.9. The molecule has 0 bridgehead atoms. The van der Waals surface area contributed by atoms with E-state index in [4.69, 9.17) is 0 Å². The van der Waals surface area contributed by atoms with Gasteiger partial charge in [0.2, 0.25) is 0 Å². The van der Waals surface area contributed by atoms with Crippen LogP contribution >= 0.6 is 0 Å². The van der Waals surface area contributed by atoms with Crippen LogP contribution in [0.4, 0.5) is 0 Å². The fourth-order valence-electron chi connectivity index (χ4n) is 1.89. The number of hydrogen-bond donors (Lipinski definition) is 0. The Hall–Kier alpha value is -2.47. The second kappa shape index (κ2) is 5.88. The fourth-order valence-corrected chi connectivity index (χ4v) is 2.28. The lowest BCUT2D eigenvalue weighted by Crippen LogP contribution is -1.97. The molecule has 0 aliphatic heterocycles. The third kappa shape index (κ3) is 4.00. The standard InChI is InChI=1S/C15H13NO4S/c1-21(19,20)10-9-14(16(17)18)11-13-7-4-6-12-5-2-3-8-15(12)13/h2-11H,1H3/b10-9+,14-11-. The monoisotopic (exact) mass is 303 g/mol. The van der Waals surface area contributed by atoms with E-state index in [2.05, 4.69) is 0 Å². The van der Waals surface area contributed by atoms with Gasteiger partial charge in [-0.05, 0) is 16.3 Å². The van der Waals surface area contributed by atoms with Gasteiger partial charge in [-0.1, -0.05) is 42.5 Å². The highest BCUT2D eigenvalue weighted by Gasteiger charge is 2.09. The normalized spacial score (nSPS) is 12.9. The van der Waals surface area contributed by atoms with E-state index in [9.17, 15) is 18.5 Å². The first-order valence-corrected chi connectivity index (χ1v) is 8.04. The summed E-state index contributed by atoms with van der Waals surface area (Å²) in [4.78, 5) is 10.4. The molecular weight excluding hydrogens is 290 g/mol. The minimum absolute atomic E-state index is 0.281. The van der Waals surface area contributed by atoms with Gasteiger partial charge in [-0.3, -0.25) is 10.1 Å². The number of hydrogen-bond acceptors (Lipinski definition) is 4. The van der Waals surface area contributed by atoms with Crippen LogP contribution in [0.1, 0.15) is 5.56 Å². The van der Waals surface area contributed by atoms with Gasteiger partial charge in [0.25, 0.3) is 5.70 Å². The van der Waals surface area contributed by atoms with Crippen LogP contribution < -0.4 is 0 Å². The summed E-state index contributed by atoms with van der Waals surface area (Å²) in [6.45, 7) is 0. The highest BCUT2D eigenvalue weighted by Crippen LogP contribution is 2.21. The molecule has 2 aromatic rings. The van der Waals surface area contributed by atoms with Gasteiger partial charge in [-0.2, -0.15) is 0 Å². The molecule has 0 unspecified atom stereocenters. The molecule has 0 saturated heterocycles. The van der Waals surface area contributed by atoms with Crippen molar-refractivity contribution in [3.8, 4) is 0 Å². The van der Waals surface area contributed by atoms with Crippen LogP contribution in [-0.2, 0) is 9.84 Å². The molecule has 0 N–H and O–H groups in total. The number of allylic oxidation sites excluding steroid dienone is 1. The summed E-state index contributed by atoms with van der Waals surface area (Å²) in [5, 5.41) is 13.7. The average Bonchev–Trinajstić information content (AvgIpc) is 2.42. The highest BCUT2D eigenvalue weighted by atomic mass is 32.2. The first-order valence-electron chi connectivity index (χ1n) is 6.09. The van der Waals surface area contributed by atoms with Crippen molar-refractivity contribution in [2.45, 2.75) is 0 Å². The van der Waals surface area contributed by atoms with Crippen molar-refractivity contribution in [2.75, 3.05) is 6.26 Å². The molecule has 0 aliphatic carbocycles. The topological polar surface area (TPSA) is 77.3 Å². The minimum atomic E-state index is -3.41. The molecule has 0 aromatic heterocycles. The van der Waals surface area contributed by atoms with Crippen molar-refractivity contribution in [1.29, 1.82) is 0 Å². The maximum Gasteiger partial charge on any atom is 0.270 e. The number of sulfone groups is 1. The highest BCUT2D eigenvalue weighted by molar-refractivity contribution is 7.93. The summed E-state index contributed by atoms with van der Waals surface area (Å²) >= 11 is 0. The Kier molecular flexibility index (Phi) is 4.18. The summed E-state index contributed by atoms with van der Waals surface area (Å²) in [6, 6.07) is 13.0. The summed E-state index contributed by atoms with van der Waals surface area (Å²) in [5.41, 5.74) is 0.384. The molecule has 0 spiro atoms.